The predicted molar refractivity (Wildman–Crippen MR) is 125 cm³/mol. The second kappa shape index (κ2) is 8.31. The number of methoxy groups -OCH3 is 2. The van der Waals surface area contributed by atoms with Crippen molar-refractivity contribution in [3.05, 3.63) is 76.2 Å². The Labute approximate surface area is 197 Å². The van der Waals surface area contributed by atoms with E-state index in [1.54, 1.807) is 62.6 Å². The molecule has 0 aliphatic carbocycles. The first-order valence-corrected chi connectivity index (χ1v) is 11.1. The summed E-state index contributed by atoms with van der Waals surface area (Å²) in [6, 6.07) is 12.8. The van der Waals surface area contributed by atoms with Crippen LogP contribution in [0.3, 0.4) is 0 Å². The van der Waals surface area contributed by atoms with E-state index in [9.17, 15) is 14.7 Å². The van der Waals surface area contributed by atoms with Crippen LogP contribution >= 0.6 is 11.3 Å². The summed E-state index contributed by atoms with van der Waals surface area (Å²) in [7, 11) is 3.05. The summed E-state index contributed by atoms with van der Waals surface area (Å²) in [6.07, 6.45) is 0. The van der Waals surface area contributed by atoms with E-state index >= 15 is 0 Å². The molecule has 0 bridgehead atoms. The molecule has 0 saturated heterocycles. The molecular formula is C24H19N3O6S. The molecule has 0 fully saturated rings. The molecule has 3 heterocycles. The van der Waals surface area contributed by atoms with Crippen molar-refractivity contribution in [1.82, 2.24) is 10.2 Å². The maximum absolute atomic E-state index is 13.7. The number of aromatic nitrogens is 2. The van der Waals surface area contributed by atoms with Crippen molar-refractivity contribution in [2.45, 2.75) is 13.0 Å². The number of Topliss-reactive ketones (excluding diaryl/α,β-unsaturated/α-hetero) is 1. The molecule has 172 valence electrons. The molecule has 5 rings (SSSR count). The summed E-state index contributed by atoms with van der Waals surface area (Å²) < 4.78 is 16.4. The summed E-state index contributed by atoms with van der Waals surface area (Å²) in [6.45, 7) is 1.76. The zero-order chi connectivity index (χ0) is 24.0. The Morgan fingerprint density at radius 1 is 1.12 bits per heavy atom. The number of amides is 1. The lowest BCUT2D eigenvalue weighted by Gasteiger charge is -2.24. The average Bonchev–Trinajstić information content (AvgIpc) is 3.55. The molecule has 10 heteroatoms. The van der Waals surface area contributed by atoms with Crippen LogP contribution < -0.4 is 14.4 Å². The molecule has 1 N–H and O–H groups in total. The fraction of sp³-hybridized carbons (Fsp3) is 0.167. The first-order chi connectivity index (χ1) is 16.4. The van der Waals surface area contributed by atoms with Gasteiger partial charge in [-0.05, 0) is 36.8 Å². The van der Waals surface area contributed by atoms with E-state index < -0.39 is 23.5 Å². The number of aryl methyl sites for hydroxylation is 1. The fourth-order valence-electron chi connectivity index (χ4n) is 3.96. The Bertz CT molecular complexity index is 1450. The molecule has 0 saturated carbocycles. The minimum Gasteiger partial charge on any atom is -0.503 e. The average molecular weight is 477 g/mol. The molecule has 2 aromatic heterocycles. The molecule has 0 radical (unpaired) electrons. The van der Waals surface area contributed by atoms with E-state index in [1.807, 2.05) is 0 Å². The maximum Gasteiger partial charge on any atom is 0.296 e. The van der Waals surface area contributed by atoms with Gasteiger partial charge >= 0.3 is 0 Å². The van der Waals surface area contributed by atoms with Crippen molar-refractivity contribution in [3.8, 4) is 11.5 Å². The van der Waals surface area contributed by atoms with Crippen LogP contribution in [0.5, 0.6) is 11.5 Å². The summed E-state index contributed by atoms with van der Waals surface area (Å²) in [5.74, 6) is -0.969. The molecular weight excluding hydrogens is 458 g/mol. The molecule has 0 spiro atoms. The number of para-hydroxylation sites is 1. The third-order valence-corrected chi connectivity index (χ3v) is 6.40. The monoisotopic (exact) mass is 477 g/mol. The van der Waals surface area contributed by atoms with E-state index in [4.69, 9.17) is 13.9 Å². The van der Waals surface area contributed by atoms with Crippen LogP contribution in [0.15, 0.2) is 64.3 Å². The number of nitrogens with zero attached hydrogens (tertiary/aromatic N) is 3. The van der Waals surface area contributed by atoms with Crippen LogP contribution in [0.2, 0.25) is 0 Å². The van der Waals surface area contributed by atoms with E-state index in [2.05, 4.69) is 10.2 Å². The van der Waals surface area contributed by atoms with Crippen LogP contribution in [0.25, 0.3) is 11.0 Å². The maximum atomic E-state index is 13.7. The highest BCUT2D eigenvalue weighted by Crippen LogP contribution is 2.43. The number of hydrogen-bond acceptors (Lipinski definition) is 9. The number of benzene rings is 2. The first-order valence-electron chi connectivity index (χ1n) is 10.2. The molecule has 1 unspecified atom stereocenters. The van der Waals surface area contributed by atoms with E-state index in [-0.39, 0.29) is 16.5 Å². The van der Waals surface area contributed by atoms with E-state index in [1.165, 1.54) is 23.3 Å². The van der Waals surface area contributed by atoms with Gasteiger partial charge in [-0.25, -0.2) is 0 Å². The SMILES string of the molecule is COc1ccc(C2C(C(=O)c3cc4cccc(OC)c4o3)=C(O)C(=O)N2c2nnc(C)s2)cc1. The standard InChI is InChI=1S/C24H19N3O6S/c1-12-25-26-24(34-12)27-19(13-7-9-15(31-2)10-8-13)18(21(29)23(27)30)20(28)17-11-14-5-4-6-16(32-3)22(14)33-17/h4-11,19,29H,1-3H3. The summed E-state index contributed by atoms with van der Waals surface area (Å²) in [5.41, 5.74) is 0.875. The minimum atomic E-state index is -0.937. The molecule has 1 atom stereocenters. The Kier molecular flexibility index (Phi) is 5.29. The van der Waals surface area contributed by atoms with Crippen molar-refractivity contribution < 1.29 is 28.6 Å². The Morgan fingerprint density at radius 2 is 1.88 bits per heavy atom. The summed E-state index contributed by atoms with van der Waals surface area (Å²) in [5, 5.41) is 20.5. The van der Waals surface area contributed by atoms with Crippen LogP contribution in [0.1, 0.15) is 27.2 Å². The topological polar surface area (TPSA) is 115 Å². The van der Waals surface area contributed by atoms with Gasteiger partial charge in [-0.1, -0.05) is 35.6 Å². The van der Waals surface area contributed by atoms with Gasteiger partial charge in [-0.15, -0.1) is 10.2 Å². The second-order valence-electron chi connectivity index (χ2n) is 7.54. The molecule has 34 heavy (non-hydrogen) atoms. The zero-order valence-corrected chi connectivity index (χ0v) is 19.3. The largest absolute Gasteiger partial charge is 0.503 e. The molecule has 2 aromatic carbocycles. The fourth-order valence-corrected chi connectivity index (χ4v) is 4.68. The van der Waals surface area contributed by atoms with Crippen molar-refractivity contribution in [2.75, 3.05) is 19.1 Å². The number of carbonyl (C=O) groups is 2. The van der Waals surface area contributed by atoms with Gasteiger partial charge in [-0.3, -0.25) is 14.5 Å². The molecule has 1 amide bonds. The van der Waals surface area contributed by atoms with E-state index in [0.717, 1.165) is 0 Å². The molecule has 9 nitrogen and oxygen atoms in total. The van der Waals surface area contributed by atoms with Gasteiger partial charge in [0.25, 0.3) is 5.91 Å². The van der Waals surface area contributed by atoms with Gasteiger partial charge in [0, 0.05) is 5.39 Å². The third kappa shape index (κ3) is 3.39. The van der Waals surface area contributed by atoms with E-state index in [0.29, 0.717) is 33.0 Å². The number of ketones is 1. The molecule has 1 aliphatic rings. The normalized spacial score (nSPS) is 15.9. The van der Waals surface area contributed by atoms with Gasteiger partial charge in [0.2, 0.25) is 10.9 Å². The number of aliphatic hydroxyl groups excluding tert-OH is 1. The highest BCUT2D eigenvalue weighted by molar-refractivity contribution is 7.15. The van der Waals surface area contributed by atoms with Gasteiger partial charge in [-0.2, -0.15) is 0 Å². The van der Waals surface area contributed by atoms with Crippen molar-refractivity contribution in [3.63, 3.8) is 0 Å². The van der Waals surface area contributed by atoms with Gasteiger partial charge in [0.1, 0.15) is 10.8 Å². The van der Waals surface area contributed by atoms with Crippen LogP contribution in [0.4, 0.5) is 5.13 Å². The Balaban J connectivity index is 1.65. The van der Waals surface area contributed by atoms with Gasteiger partial charge in [0.15, 0.2) is 22.9 Å². The Morgan fingerprint density at radius 3 is 2.53 bits per heavy atom. The number of carbonyl (C=O) groups excluding carboxylic acids is 2. The first kappa shape index (κ1) is 21.7. The highest BCUT2D eigenvalue weighted by Gasteiger charge is 2.46. The lowest BCUT2D eigenvalue weighted by Crippen LogP contribution is -2.31. The quantitative estimate of drug-likeness (QED) is 0.407. The Hall–Kier alpha value is -4.18. The number of ether oxygens (including phenoxy) is 2. The number of aliphatic hydroxyl groups is 1. The van der Waals surface area contributed by atoms with Crippen LogP contribution in [-0.4, -0.2) is 41.2 Å². The second-order valence-corrected chi connectivity index (χ2v) is 8.70. The van der Waals surface area contributed by atoms with Crippen molar-refractivity contribution in [2.24, 2.45) is 0 Å². The van der Waals surface area contributed by atoms with Crippen LogP contribution in [-0.2, 0) is 4.79 Å². The summed E-state index contributed by atoms with van der Waals surface area (Å²) in [4.78, 5) is 28.1. The van der Waals surface area contributed by atoms with Crippen molar-refractivity contribution >= 4 is 39.1 Å². The minimum absolute atomic E-state index is 0.0253. The summed E-state index contributed by atoms with van der Waals surface area (Å²) >= 11 is 1.18. The smallest absolute Gasteiger partial charge is 0.296 e. The lowest BCUT2D eigenvalue weighted by atomic mass is 9.95. The number of fused-ring (bicyclic) bond motifs is 1. The van der Waals surface area contributed by atoms with Gasteiger partial charge in [0.05, 0.1) is 25.8 Å². The number of rotatable bonds is 6. The number of anilines is 1. The zero-order valence-electron chi connectivity index (χ0n) is 18.4. The lowest BCUT2D eigenvalue weighted by molar-refractivity contribution is -0.117. The van der Waals surface area contributed by atoms with Gasteiger partial charge < -0.3 is 19.0 Å². The van der Waals surface area contributed by atoms with Crippen molar-refractivity contribution in [1.29, 1.82) is 0 Å². The highest BCUT2D eigenvalue weighted by atomic mass is 32.1. The molecule has 1 aliphatic heterocycles. The molecule has 4 aromatic rings. The predicted octanol–water partition coefficient (Wildman–Crippen LogP) is 4.39. The third-order valence-electron chi connectivity index (χ3n) is 5.56. The number of furan rings is 1. The van der Waals surface area contributed by atoms with Crippen LogP contribution in [0, 0.1) is 6.92 Å². The number of hydrogen-bond donors (Lipinski definition) is 1.